The zero-order chi connectivity index (χ0) is 13.0. The molecule has 1 amide bonds. The smallest absolute Gasteiger partial charge is 0.239 e. The van der Waals surface area contributed by atoms with Gasteiger partial charge in [0.2, 0.25) is 5.91 Å². The second-order valence-electron chi connectivity index (χ2n) is 4.51. The van der Waals surface area contributed by atoms with Gasteiger partial charge in [0.15, 0.2) is 0 Å². The molecular weight excluding hydrogens is 280 g/mol. The van der Waals surface area contributed by atoms with Crippen LogP contribution in [0.15, 0.2) is 16.6 Å². The number of hydrogen-bond acceptors (Lipinski definition) is 2. The molecule has 0 unspecified atom stereocenters. The molecule has 17 heavy (non-hydrogen) atoms. The van der Waals surface area contributed by atoms with Crippen molar-refractivity contribution in [3.63, 3.8) is 0 Å². The summed E-state index contributed by atoms with van der Waals surface area (Å²) >= 11 is 3.50. The number of halogens is 1. The fraction of sp³-hybridized carbons (Fsp3) is 0.462. The van der Waals surface area contributed by atoms with Crippen molar-refractivity contribution in [3.05, 3.63) is 27.7 Å². The van der Waals surface area contributed by atoms with Gasteiger partial charge in [0.25, 0.3) is 0 Å². The van der Waals surface area contributed by atoms with Gasteiger partial charge in [-0.15, -0.1) is 0 Å². The second-order valence-corrected chi connectivity index (χ2v) is 5.37. The quantitative estimate of drug-likeness (QED) is 0.897. The van der Waals surface area contributed by atoms with Crippen molar-refractivity contribution in [1.29, 1.82) is 0 Å². The average Bonchev–Trinajstić information content (AvgIpc) is 2.14. The minimum Gasteiger partial charge on any atom is -0.375 e. The maximum atomic E-state index is 11.5. The maximum absolute atomic E-state index is 11.5. The molecule has 1 aromatic carbocycles. The second kappa shape index (κ2) is 6.05. The van der Waals surface area contributed by atoms with Gasteiger partial charge < -0.3 is 10.6 Å². The molecule has 3 nitrogen and oxygen atoms in total. The maximum Gasteiger partial charge on any atom is 0.239 e. The van der Waals surface area contributed by atoms with Gasteiger partial charge in [-0.1, -0.05) is 6.07 Å². The van der Waals surface area contributed by atoms with E-state index in [1.807, 2.05) is 33.8 Å². The fourth-order valence-corrected chi connectivity index (χ4v) is 2.50. The van der Waals surface area contributed by atoms with E-state index in [0.29, 0.717) is 6.54 Å². The molecule has 4 heteroatoms. The van der Waals surface area contributed by atoms with Crippen LogP contribution >= 0.6 is 15.9 Å². The summed E-state index contributed by atoms with van der Waals surface area (Å²) in [6.45, 7) is 8.27. The van der Waals surface area contributed by atoms with Crippen molar-refractivity contribution < 1.29 is 4.79 Å². The lowest BCUT2D eigenvalue weighted by molar-refractivity contribution is -0.119. The first-order valence-electron chi connectivity index (χ1n) is 5.70. The zero-order valence-corrected chi connectivity index (χ0v) is 12.3. The SMILES string of the molecule is Cc1cc(C)c(NCC(=O)NC(C)C)c(Br)c1. The molecule has 2 N–H and O–H groups in total. The van der Waals surface area contributed by atoms with Gasteiger partial charge in [-0.3, -0.25) is 4.79 Å². The zero-order valence-electron chi connectivity index (χ0n) is 10.7. The van der Waals surface area contributed by atoms with Crippen molar-refractivity contribution in [1.82, 2.24) is 5.32 Å². The largest absolute Gasteiger partial charge is 0.375 e. The molecule has 0 atom stereocenters. The lowest BCUT2D eigenvalue weighted by Gasteiger charge is -2.14. The molecule has 0 spiro atoms. The van der Waals surface area contributed by atoms with Crippen molar-refractivity contribution in [2.45, 2.75) is 33.7 Å². The number of benzene rings is 1. The van der Waals surface area contributed by atoms with Crippen LogP contribution in [-0.2, 0) is 4.79 Å². The summed E-state index contributed by atoms with van der Waals surface area (Å²) in [5.41, 5.74) is 3.32. The Morgan fingerprint density at radius 3 is 2.53 bits per heavy atom. The molecule has 0 bridgehead atoms. The molecule has 94 valence electrons. The Balaban J connectivity index is 2.67. The van der Waals surface area contributed by atoms with Crippen molar-refractivity contribution in [3.8, 4) is 0 Å². The topological polar surface area (TPSA) is 41.1 Å². The summed E-state index contributed by atoms with van der Waals surface area (Å²) in [6, 6.07) is 4.30. The highest BCUT2D eigenvalue weighted by Gasteiger charge is 2.07. The number of amides is 1. The average molecular weight is 299 g/mol. The number of hydrogen-bond donors (Lipinski definition) is 2. The van der Waals surface area contributed by atoms with Gasteiger partial charge in [-0.2, -0.15) is 0 Å². The lowest BCUT2D eigenvalue weighted by Crippen LogP contribution is -2.35. The van der Waals surface area contributed by atoms with Gasteiger partial charge in [-0.05, 0) is 60.8 Å². The molecule has 0 heterocycles. The third-order valence-electron chi connectivity index (χ3n) is 2.31. The Labute approximate surface area is 111 Å². The van der Waals surface area contributed by atoms with Gasteiger partial charge in [0, 0.05) is 10.5 Å². The molecule has 0 aliphatic carbocycles. The number of carbonyl (C=O) groups excluding carboxylic acids is 1. The van der Waals surface area contributed by atoms with Gasteiger partial charge >= 0.3 is 0 Å². The van der Waals surface area contributed by atoms with Crippen LogP contribution in [0.2, 0.25) is 0 Å². The van der Waals surface area contributed by atoms with E-state index < -0.39 is 0 Å². The molecule has 0 radical (unpaired) electrons. The van der Waals surface area contributed by atoms with Crippen molar-refractivity contribution in [2.75, 3.05) is 11.9 Å². The molecule has 0 saturated carbocycles. The summed E-state index contributed by atoms with van der Waals surface area (Å²) in [6.07, 6.45) is 0. The van der Waals surface area contributed by atoms with Crippen molar-refractivity contribution in [2.24, 2.45) is 0 Å². The Hall–Kier alpha value is -1.03. The number of carbonyl (C=O) groups is 1. The van der Waals surface area contributed by atoms with E-state index in [-0.39, 0.29) is 11.9 Å². The predicted octanol–water partition coefficient (Wildman–Crippen LogP) is 3.00. The Bertz CT molecular complexity index is 393. The lowest BCUT2D eigenvalue weighted by atomic mass is 10.1. The first-order chi connectivity index (χ1) is 7.90. The third kappa shape index (κ3) is 4.38. The van der Waals surface area contributed by atoms with Crippen LogP contribution in [0.4, 0.5) is 5.69 Å². The van der Waals surface area contributed by atoms with E-state index in [9.17, 15) is 4.79 Å². The number of nitrogens with one attached hydrogen (secondary N) is 2. The summed E-state index contributed by atoms with van der Waals surface area (Å²) in [4.78, 5) is 11.5. The molecule has 0 aliphatic rings. The van der Waals surface area contributed by atoms with Crippen LogP contribution in [-0.4, -0.2) is 18.5 Å². The van der Waals surface area contributed by atoms with Crippen LogP contribution in [0.25, 0.3) is 0 Å². The van der Waals surface area contributed by atoms with E-state index in [0.717, 1.165) is 15.7 Å². The van der Waals surface area contributed by atoms with Crippen LogP contribution in [0, 0.1) is 13.8 Å². The Kier molecular flexibility index (Phi) is 5.00. The van der Waals surface area contributed by atoms with E-state index >= 15 is 0 Å². The minimum absolute atomic E-state index is 0.00637. The van der Waals surface area contributed by atoms with Crippen molar-refractivity contribution >= 4 is 27.5 Å². The van der Waals surface area contributed by atoms with E-state index in [4.69, 9.17) is 0 Å². The summed E-state index contributed by atoms with van der Waals surface area (Å²) < 4.78 is 0.993. The Morgan fingerprint density at radius 2 is 2.00 bits per heavy atom. The first-order valence-corrected chi connectivity index (χ1v) is 6.49. The summed E-state index contributed by atoms with van der Waals surface area (Å²) in [5.74, 6) is 0.00637. The van der Waals surface area contributed by atoms with Gasteiger partial charge in [0.1, 0.15) is 0 Å². The highest BCUT2D eigenvalue weighted by atomic mass is 79.9. The van der Waals surface area contributed by atoms with Gasteiger partial charge in [-0.25, -0.2) is 0 Å². The Morgan fingerprint density at radius 1 is 1.35 bits per heavy atom. The molecular formula is C13H19BrN2O. The normalized spacial score (nSPS) is 10.5. The number of rotatable bonds is 4. The highest BCUT2D eigenvalue weighted by molar-refractivity contribution is 9.10. The van der Waals surface area contributed by atoms with E-state index in [1.165, 1.54) is 5.56 Å². The first kappa shape index (κ1) is 14.0. The number of anilines is 1. The highest BCUT2D eigenvalue weighted by Crippen LogP contribution is 2.27. The third-order valence-corrected chi connectivity index (χ3v) is 2.93. The molecule has 1 aromatic rings. The van der Waals surface area contributed by atoms with E-state index in [2.05, 4.69) is 32.6 Å². The molecule has 0 saturated heterocycles. The van der Waals surface area contributed by atoms with Gasteiger partial charge in [0.05, 0.1) is 12.2 Å². The molecule has 0 fully saturated rings. The molecule has 1 rings (SSSR count). The molecule has 0 aromatic heterocycles. The summed E-state index contributed by atoms with van der Waals surface area (Å²) in [5, 5.41) is 6.00. The minimum atomic E-state index is 0.00637. The number of aryl methyl sites for hydroxylation is 2. The monoisotopic (exact) mass is 298 g/mol. The van der Waals surface area contributed by atoms with Crippen LogP contribution in [0.1, 0.15) is 25.0 Å². The summed E-state index contributed by atoms with van der Waals surface area (Å²) in [7, 11) is 0. The van der Waals surface area contributed by atoms with Crippen LogP contribution < -0.4 is 10.6 Å². The van der Waals surface area contributed by atoms with E-state index in [1.54, 1.807) is 0 Å². The standard InChI is InChI=1S/C13H19BrN2O/c1-8(2)16-12(17)7-15-13-10(4)5-9(3)6-11(13)14/h5-6,8,15H,7H2,1-4H3,(H,16,17). The van der Waals surface area contributed by atoms with Crippen LogP contribution in [0.3, 0.4) is 0 Å². The fourth-order valence-electron chi connectivity index (χ4n) is 1.68. The van der Waals surface area contributed by atoms with Crippen LogP contribution in [0.5, 0.6) is 0 Å². The predicted molar refractivity (Wildman–Crippen MR) is 75.4 cm³/mol. The molecule has 0 aliphatic heterocycles.